The third kappa shape index (κ3) is 6.19. The standard InChI is InChI=1S/C26H46O5S/c1-13-18-17(4)20(27)22(32(28,29)30)21(31-12)19(18)23(25(8,9)14-16(2)3)26(10,11)15-24(5,6)7/h16,23,27H,13-15H2,1-12H3,(H,28,29,30). The number of benzene rings is 1. The Labute approximate surface area is 196 Å². The summed E-state index contributed by atoms with van der Waals surface area (Å²) >= 11 is 0. The van der Waals surface area contributed by atoms with Crippen LogP contribution in [-0.2, 0) is 16.5 Å². The second kappa shape index (κ2) is 9.54. The van der Waals surface area contributed by atoms with Crippen molar-refractivity contribution < 1.29 is 22.8 Å². The highest BCUT2D eigenvalue weighted by molar-refractivity contribution is 7.86. The molecule has 1 aromatic rings. The second-order valence-corrected chi connectivity index (χ2v) is 13.7. The van der Waals surface area contributed by atoms with Crippen LogP contribution >= 0.6 is 0 Å². The second-order valence-electron chi connectivity index (χ2n) is 12.3. The summed E-state index contributed by atoms with van der Waals surface area (Å²) in [4.78, 5) is -0.526. The normalized spacial score (nSPS) is 14.7. The van der Waals surface area contributed by atoms with Crippen molar-refractivity contribution in [2.24, 2.45) is 22.2 Å². The Morgan fingerprint density at radius 3 is 1.84 bits per heavy atom. The van der Waals surface area contributed by atoms with E-state index in [0.717, 1.165) is 24.0 Å². The molecule has 0 spiro atoms. The number of ether oxygens (including phenoxy) is 1. The van der Waals surface area contributed by atoms with E-state index in [2.05, 4.69) is 62.3 Å². The summed E-state index contributed by atoms with van der Waals surface area (Å²) in [6.45, 7) is 23.7. The van der Waals surface area contributed by atoms with Crippen molar-refractivity contribution in [3.05, 3.63) is 16.7 Å². The van der Waals surface area contributed by atoms with Gasteiger partial charge in [0.05, 0.1) is 7.11 Å². The average Bonchev–Trinajstić information content (AvgIpc) is 2.52. The number of methoxy groups -OCH3 is 1. The molecule has 0 aromatic heterocycles. The number of rotatable bonds is 9. The number of phenols is 1. The Morgan fingerprint density at radius 2 is 1.50 bits per heavy atom. The third-order valence-corrected chi connectivity index (χ3v) is 7.28. The molecule has 1 aromatic carbocycles. The maximum absolute atomic E-state index is 12.4. The first-order chi connectivity index (χ1) is 14.2. The first-order valence-corrected chi connectivity index (χ1v) is 13.0. The van der Waals surface area contributed by atoms with Crippen LogP contribution in [0.3, 0.4) is 0 Å². The molecule has 0 fully saturated rings. The summed E-state index contributed by atoms with van der Waals surface area (Å²) in [6, 6.07) is 0. The van der Waals surface area contributed by atoms with E-state index in [1.807, 2.05) is 6.92 Å². The molecule has 0 saturated heterocycles. The number of phenolic OH excluding ortho intramolecular Hbond substituents is 1. The van der Waals surface area contributed by atoms with Gasteiger partial charge < -0.3 is 9.84 Å². The monoisotopic (exact) mass is 470 g/mol. The zero-order valence-corrected chi connectivity index (χ0v) is 23.1. The van der Waals surface area contributed by atoms with Crippen LogP contribution in [-0.4, -0.2) is 25.2 Å². The van der Waals surface area contributed by atoms with Gasteiger partial charge in [-0.25, -0.2) is 0 Å². The van der Waals surface area contributed by atoms with Crippen LogP contribution in [0, 0.1) is 29.1 Å². The Bertz CT molecular complexity index is 919. The molecule has 0 aliphatic carbocycles. The Hall–Kier alpha value is -1.27. The summed E-state index contributed by atoms with van der Waals surface area (Å²) in [7, 11) is -3.30. The minimum atomic E-state index is -4.70. The molecule has 1 rings (SSSR count). The molecule has 0 aliphatic heterocycles. The summed E-state index contributed by atoms with van der Waals surface area (Å²) in [6.07, 6.45) is 2.44. The molecule has 0 amide bonds. The van der Waals surface area contributed by atoms with Crippen molar-refractivity contribution in [2.75, 3.05) is 7.11 Å². The van der Waals surface area contributed by atoms with Gasteiger partial charge in [0.1, 0.15) is 11.5 Å². The summed E-state index contributed by atoms with van der Waals surface area (Å²) in [5.74, 6) is -0.00940. The Balaban J connectivity index is 4.25. The highest BCUT2D eigenvalue weighted by Crippen LogP contribution is 2.59. The molecular formula is C26H46O5S. The average molecular weight is 471 g/mol. The van der Waals surface area contributed by atoms with Crippen molar-refractivity contribution >= 4 is 10.1 Å². The van der Waals surface area contributed by atoms with E-state index in [4.69, 9.17) is 4.74 Å². The van der Waals surface area contributed by atoms with E-state index in [1.54, 1.807) is 6.92 Å². The van der Waals surface area contributed by atoms with Gasteiger partial charge in [-0.2, -0.15) is 8.42 Å². The fraction of sp³-hybridized carbons (Fsp3) is 0.769. The smallest absolute Gasteiger partial charge is 0.301 e. The van der Waals surface area contributed by atoms with E-state index in [-0.39, 0.29) is 27.9 Å². The molecule has 0 aliphatic rings. The molecule has 32 heavy (non-hydrogen) atoms. The molecule has 2 N–H and O–H groups in total. The van der Waals surface area contributed by atoms with E-state index < -0.39 is 20.8 Å². The van der Waals surface area contributed by atoms with Crippen molar-refractivity contribution in [1.29, 1.82) is 0 Å². The predicted molar refractivity (Wildman–Crippen MR) is 132 cm³/mol. The van der Waals surface area contributed by atoms with Gasteiger partial charge in [0.15, 0.2) is 4.90 Å². The topological polar surface area (TPSA) is 83.8 Å². The van der Waals surface area contributed by atoms with Gasteiger partial charge in [0, 0.05) is 5.56 Å². The predicted octanol–water partition coefficient (Wildman–Crippen LogP) is 7.14. The van der Waals surface area contributed by atoms with Crippen molar-refractivity contribution in [3.8, 4) is 11.5 Å². The van der Waals surface area contributed by atoms with Crippen LogP contribution in [0.1, 0.15) is 105 Å². The van der Waals surface area contributed by atoms with Gasteiger partial charge in [0.2, 0.25) is 0 Å². The van der Waals surface area contributed by atoms with Gasteiger partial charge >= 0.3 is 10.1 Å². The van der Waals surface area contributed by atoms with Crippen LogP contribution in [0.4, 0.5) is 0 Å². The molecule has 0 saturated carbocycles. The first kappa shape index (κ1) is 28.8. The summed E-state index contributed by atoms with van der Waals surface area (Å²) < 4.78 is 40.5. The lowest BCUT2D eigenvalue weighted by molar-refractivity contribution is 0.0762. The highest BCUT2D eigenvalue weighted by Gasteiger charge is 2.47. The van der Waals surface area contributed by atoms with Gasteiger partial charge in [-0.05, 0) is 65.4 Å². The van der Waals surface area contributed by atoms with Crippen LogP contribution in [0.25, 0.3) is 0 Å². The van der Waals surface area contributed by atoms with Gasteiger partial charge in [0.25, 0.3) is 0 Å². The lowest BCUT2D eigenvalue weighted by Gasteiger charge is -2.49. The first-order valence-electron chi connectivity index (χ1n) is 11.6. The maximum atomic E-state index is 12.4. The zero-order valence-electron chi connectivity index (χ0n) is 22.3. The van der Waals surface area contributed by atoms with Crippen molar-refractivity contribution in [3.63, 3.8) is 0 Å². The Morgan fingerprint density at radius 1 is 1.00 bits per heavy atom. The third-order valence-electron chi connectivity index (χ3n) is 6.39. The molecule has 0 bridgehead atoms. The number of aromatic hydroxyl groups is 1. The van der Waals surface area contributed by atoms with Crippen LogP contribution in [0.15, 0.2) is 4.90 Å². The SMILES string of the molecule is CCc1c(C)c(O)c(S(=O)(=O)O)c(OC)c1C(C(C)(C)CC(C)C)C(C)(C)CC(C)(C)C. The fourth-order valence-corrected chi connectivity index (χ4v) is 7.39. The molecule has 5 nitrogen and oxygen atoms in total. The van der Waals surface area contributed by atoms with E-state index in [9.17, 15) is 18.1 Å². The molecule has 186 valence electrons. The van der Waals surface area contributed by atoms with Crippen LogP contribution in [0.5, 0.6) is 11.5 Å². The van der Waals surface area contributed by atoms with Crippen LogP contribution in [0.2, 0.25) is 0 Å². The maximum Gasteiger partial charge on any atom is 0.301 e. The van der Waals surface area contributed by atoms with Gasteiger partial charge in [-0.1, -0.05) is 69.2 Å². The summed E-state index contributed by atoms with van der Waals surface area (Å²) in [5.41, 5.74) is 1.77. The lowest BCUT2D eigenvalue weighted by Crippen LogP contribution is -2.38. The number of hydrogen-bond acceptors (Lipinski definition) is 4. The molecule has 6 heteroatoms. The molecule has 0 radical (unpaired) electrons. The Kier molecular flexibility index (Phi) is 8.57. The minimum Gasteiger partial charge on any atom is -0.506 e. The molecule has 1 unspecified atom stereocenters. The minimum absolute atomic E-state index is 0.0487. The summed E-state index contributed by atoms with van der Waals surface area (Å²) in [5, 5.41) is 10.8. The van der Waals surface area contributed by atoms with Gasteiger partial charge in [-0.3, -0.25) is 4.55 Å². The van der Waals surface area contributed by atoms with Gasteiger partial charge in [-0.15, -0.1) is 0 Å². The van der Waals surface area contributed by atoms with E-state index >= 15 is 0 Å². The number of hydrogen-bond donors (Lipinski definition) is 2. The van der Waals surface area contributed by atoms with Crippen LogP contribution < -0.4 is 4.74 Å². The largest absolute Gasteiger partial charge is 0.506 e. The van der Waals surface area contributed by atoms with E-state index in [0.29, 0.717) is 17.9 Å². The fourth-order valence-electron chi connectivity index (χ4n) is 6.56. The molecule has 1 atom stereocenters. The van der Waals surface area contributed by atoms with Crippen molar-refractivity contribution in [2.45, 2.75) is 106 Å². The highest BCUT2D eigenvalue weighted by atomic mass is 32.2. The quantitative estimate of drug-likeness (QED) is 0.375. The zero-order chi connectivity index (χ0) is 25.4. The molecule has 0 heterocycles. The lowest BCUT2D eigenvalue weighted by atomic mass is 9.55. The van der Waals surface area contributed by atoms with E-state index in [1.165, 1.54) is 7.11 Å². The molecular weight excluding hydrogens is 424 g/mol. The van der Waals surface area contributed by atoms with Crippen molar-refractivity contribution in [1.82, 2.24) is 0 Å².